The molecule has 0 saturated heterocycles. The van der Waals surface area contributed by atoms with Crippen LogP contribution in [0.3, 0.4) is 0 Å². The van der Waals surface area contributed by atoms with Gasteiger partial charge in [0, 0.05) is 60.5 Å². The molecule has 0 heterocycles. The van der Waals surface area contributed by atoms with E-state index < -0.39 is 0 Å². The van der Waals surface area contributed by atoms with Gasteiger partial charge in [-0.3, -0.25) is 0 Å². The molecule has 0 atom stereocenters. The summed E-state index contributed by atoms with van der Waals surface area (Å²) in [6, 6.07) is 0. The fraction of sp³-hybridized carbons (Fsp3) is 0. The minimum Gasteiger partial charge on any atom is -0.412 e. The van der Waals surface area contributed by atoms with Crippen molar-refractivity contribution in [2.75, 3.05) is 0 Å². The molecule has 0 amide bonds. The standard InChI is InChI=1S/Au.Cu.H2O.Pt/h;;1H2;. The van der Waals surface area contributed by atoms with Crippen LogP contribution in [0.15, 0.2) is 0 Å². The first-order valence-electron chi connectivity index (χ1n) is 0. The van der Waals surface area contributed by atoms with Gasteiger partial charge in [0.15, 0.2) is 0 Å². The molecule has 0 aliphatic carbocycles. The van der Waals surface area contributed by atoms with E-state index in [1.54, 1.807) is 0 Å². The van der Waals surface area contributed by atoms with Crippen molar-refractivity contribution < 1.29 is 66.0 Å². The molecule has 0 aromatic heterocycles. The van der Waals surface area contributed by atoms with Gasteiger partial charge < -0.3 is 5.48 Å². The molecule has 0 aromatic carbocycles. The zero-order valence-electron chi connectivity index (χ0n) is 1.42. The van der Waals surface area contributed by atoms with Crippen molar-refractivity contribution in [1.82, 2.24) is 0 Å². The van der Waals surface area contributed by atoms with E-state index in [-0.39, 0.29) is 66.0 Å². The molecule has 0 aliphatic heterocycles. The second-order valence-corrected chi connectivity index (χ2v) is 0. The van der Waals surface area contributed by atoms with E-state index in [2.05, 4.69) is 0 Å². The van der Waals surface area contributed by atoms with E-state index >= 15 is 0 Å². The summed E-state index contributed by atoms with van der Waals surface area (Å²) in [5, 5.41) is 0. The Morgan fingerprint density at radius 3 is 1.00 bits per heavy atom. The molecule has 0 bridgehead atoms. The smallest absolute Gasteiger partial charge is 0 e. The molecule has 1 nitrogen and oxygen atoms in total. The van der Waals surface area contributed by atoms with Crippen LogP contribution in [0.5, 0.6) is 0 Å². The zero-order valence-corrected chi connectivity index (χ0v) is 6.80. The van der Waals surface area contributed by atoms with Crippen LogP contribution in [0.2, 0.25) is 0 Å². The van der Waals surface area contributed by atoms with E-state index in [4.69, 9.17) is 0 Å². The van der Waals surface area contributed by atoms with Crippen molar-refractivity contribution in [1.29, 1.82) is 0 Å². The van der Waals surface area contributed by atoms with Crippen LogP contribution >= 0.6 is 0 Å². The largest absolute Gasteiger partial charge is 0.412 e. The fourth-order valence-corrected chi connectivity index (χ4v) is 0. The molecule has 2 radical (unpaired) electrons. The van der Waals surface area contributed by atoms with Crippen molar-refractivity contribution in [2.45, 2.75) is 0 Å². The zero-order chi connectivity index (χ0) is 0. The Morgan fingerprint density at radius 2 is 1.00 bits per heavy atom. The van der Waals surface area contributed by atoms with E-state index in [0.717, 1.165) is 0 Å². The van der Waals surface area contributed by atoms with Gasteiger partial charge >= 0.3 is 0 Å². The first-order chi connectivity index (χ1) is 0. The van der Waals surface area contributed by atoms with Crippen LogP contribution in [0, 0.1) is 0 Å². The van der Waals surface area contributed by atoms with E-state index in [9.17, 15) is 0 Å². The third-order valence-electron chi connectivity index (χ3n) is 0. The third-order valence-corrected chi connectivity index (χ3v) is 0. The summed E-state index contributed by atoms with van der Waals surface area (Å²) in [7, 11) is 0. The second-order valence-electron chi connectivity index (χ2n) is 0. The predicted octanol–water partition coefficient (Wildman–Crippen LogP) is -0.832. The van der Waals surface area contributed by atoms with Gasteiger partial charge in [0.05, 0.1) is 0 Å². The fourth-order valence-electron chi connectivity index (χ4n) is 0. The van der Waals surface area contributed by atoms with E-state index in [1.165, 1.54) is 0 Å². The first kappa shape index (κ1) is 39.1. The Bertz CT molecular complexity index is 8.00. The van der Waals surface area contributed by atoms with Gasteiger partial charge in [-0.15, -0.1) is 0 Å². The number of rotatable bonds is 0. The molecule has 0 fully saturated rings. The molecule has 4 heavy (non-hydrogen) atoms. The maximum Gasteiger partial charge on any atom is 0 e. The normalized spacial score (nSPS) is 0. The molecule has 0 rings (SSSR count). The van der Waals surface area contributed by atoms with Gasteiger partial charge in [-0.2, -0.15) is 0 Å². The monoisotopic (exact) mass is 473 g/mol. The van der Waals surface area contributed by atoms with Crippen LogP contribution in [0.4, 0.5) is 0 Å². The van der Waals surface area contributed by atoms with Gasteiger partial charge in [0.25, 0.3) is 0 Å². The van der Waals surface area contributed by atoms with Crippen molar-refractivity contribution in [3.05, 3.63) is 0 Å². The van der Waals surface area contributed by atoms with Gasteiger partial charge in [-0.05, 0) is 0 Å². The predicted molar refractivity (Wildman–Crippen MR) is 3.61 cm³/mol. The SMILES string of the molecule is O.[Au].[Cu].[Pt]. The number of hydrogen-bond donors (Lipinski definition) is 0. The summed E-state index contributed by atoms with van der Waals surface area (Å²) in [5.41, 5.74) is 0. The Balaban J connectivity index is 0. The third kappa shape index (κ3) is 9.08. The average molecular weight is 474 g/mol. The maximum absolute atomic E-state index is 0. The molecular formula is H2AuCuOPt. The molecule has 2 N–H and O–H groups in total. The van der Waals surface area contributed by atoms with Crippen molar-refractivity contribution >= 4 is 0 Å². The quantitative estimate of drug-likeness (QED) is 0.412. The summed E-state index contributed by atoms with van der Waals surface area (Å²) in [6.45, 7) is 0. The van der Waals surface area contributed by atoms with Crippen LogP contribution in [-0.2, 0) is 60.5 Å². The summed E-state index contributed by atoms with van der Waals surface area (Å²) >= 11 is 0. The van der Waals surface area contributed by atoms with Crippen LogP contribution in [-0.4, -0.2) is 5.48 Å². The molecule has 0 unspecified atom stereocenters. The molecule has 0 saturated carbocycles. The van der Waals surface area contributed by atoms with Gasteiger partial charge in [0.1, 0.15) is 0 Å². The molecule has 0 aliphatic rings. The molecule has 40 valence electrons. The van der Waals surface area contributed by atoms with Crippen molar-refractivity contribution in [3.8, 4) is 0 Å². The summed E-state index contributed by atoms with van der Waals surface area (Å²) in [6.07, 6.45) is 0. The molecule has 0 aromatic rings. The van der Waals surface area contributed by atoms with Crippen LogP contribution in [0.1, 0.15) is 0 Å². The van der Waals surface area contributed by atoms with Gasteiger partial charge in [0.2, 0.25) is 0 Å². The molecule has 0 spiro atoms. The van der Waals surface area contributed by atoms with Gasteiger partial charge in [-0.25, -0.2) is 0 Å². The minimum atomic E-state index is 0. The van der Waals surface area contributed by atoms with Crippen molar-refractivity contribution in [3.63, 3.8) is 0 Å². The molecular weight excluding hydrogens is 472 g/mol. The average Bonchev–Trinajstić information content (AvgIpc) is 0. The minimum absolute atomic E-state index is 0. The Kier molecular flexibility index (Phi) is 201. The Labute approximate surface area is 65.5 Å². The maximum atomic E-state index is 0. The van der Waals surface area contributed by atoms with E-state index in [1.807, 2.05) is 0 Å². The molecule has 4 heteroatoms. The van der Waals surface area contributed by atoms with Crippen LogP contribution in [0.25, 0.3) is 0 Å². The van der Waals surface area contributed by atoms with E-state index in [0.29, 0.717) is 0 Å². The first-order valence-corrected chi connectivity index (χ1v) is 0. The van der Waals surface area contributed by atoms with Gasteiger partial charge in [-0.1, -0.05) is 0 Å². The topological polar surface area (TPSA) is 31.5 Å². The summed E-state index contributed by atoms with van der Waals surface area (Å²) in [4.78, 5) is 0. The number of hydrogen-bond acceptors (Lipinski definition) is 0. The summed E-state index contributed by atoms with van der Waals surface area (Å²) < 4.78 is 0. The van der Waals surface area contributed by atoms with Crippen molar-refractivity contribution in [2.24, 2.45) is 0 Å². The van der Waals surface area contributed by atoms with Crippen LogP contribution < -0.4 is 0 Å². The summed E-state index contributed by atoms with van der Waals surface area (Å²) in [5.74, 6) is 0. The Morgan fingerprint density at radius 1 is 1.00 bits per heavy atom. The Hall–Kier alpha value is 1.91. The second kappa shape index (κ2) is 20.6.